The van der Waals surface area contributed by atoms with E-state index in [0.717, 1.165) is 4.90 Å². The number of carbonyl (C=O) groups is 7. The Hall–Kier alpha value is -8.51. The van der Waals surface area contributed by atoms with Gasteiger partial charge in [0.15, 0.2) is 18.0 Å². The quantitative estimate of drug-likeness (QED) is 0.0777. The molecule has 1 unspecified atom stereocenters. The van der Waals surface area contributed by atoms with E-state index in [4.69, 9.17) is 42.4 Å². The highest BCUT2D eigenvalue weighted by Gasteiger charge is 2.47. The number of imide groups is 2. The van der Waals surface area contributed by atoms with E-state index in [-0.39, 0.29) is 96.5 Å². The van der Waals surface area contributed by atoms with Crippen molar-refractivity contribution in [2.24, 2.45) is 7.05 Å². The zero-order valence-electron chi connectivity index (χ0n) is 39.8. The van der Waals surface area contributed by atoms with Crippen LogP contribution in [0.5, 0.6) is 17.6 Å². The maximum absolute atomic E-state index is 14.6. The van der Waals surface area contributed by atoms with Crippen molar-refractivity contribution in [2.45, 2.75) is 57.3 Å². The molecule has 2 aromatic carbocycles. The highest BCUT2D eigenvalue weighted by atomic mass is 35.5. The van der Waals surface area contributed by atoms with Crippen LogP contribution >= 0.6 is 23.2 Å². The Morgan fingerprint density at radius 1 is 0.811 bits per heavy atom. The van der Waals surface area contributed by atoms with Crippen molar-refractivity contribution < 1.29 is 47.8 Å². The molecule has 4 aromatic heterocycles. The van der Waals surface area contributed by atoms with Gasteiger partial charge < -0.3 is 34.0 Å². The molecule has 9 rings (SSSR count). The van der Waals surface area contributed by atoms with E-state index in [1.54, 1.807) is 31.3 Å². The molecule has 0 bridgehead atoms. The van der Waals surface area contributed by atoms with E-state index >= 15 is 0 Å². The number of amides is 7. The molecule has 26 heteroatoms. The lowest BCUT2D eigenvalue weighted by Crippen LogP contribution is -2.54. The third-order valence-corrected chi connectivity index (χ3v) is 12.9. The van der Waals surface area contributed by atoms with Gasteiger partial charge in [0.05, 0.1) is 47.8 Å². The molecule has 1 saturated heterocycles. The molecule has 3 N–H and O–H groups in total. The van der Waals surface area contributed by atoms with Gasteiger partial charge >= 0.3 is 6.01 Å². The van der Waals surface area contributed by atoms with E-state index in [2.05, 4.69) is 36.2 Å². The number of fused-ring (bicyclic) bond motifs is 2. The molecule has 0 spiro atoms. The van der Waals surface area contributed by atoms with Gasteiger partial charge in [0.2, 0.25) is 17.7 Å². The number of carbonyl (C=O) groups excluding carboxylic acids is 7. The summed E-state index contributed by atoms with van der Waals surface area (Å²) in [5.74, 6) is -3.38. The van der Waals surface area contributed by atoms with Gasteiger partial charge in [0, 0.05) is 57.1 Å². The molecule has 7 amide bonds. The molecule has 0 saturated carbocycles. The second kappa shape index (κ2) is 21.3. The number of hydrogen-bond donors (Lipinski definition) is 3. The average molecular weight is 1050 g/mol. The summed E-state index contributed by atoms with van der Waals surface area (Å²) in [6.45, 7) is 0.682. The number of methoxy groups -OCH3 is 2. The topological polar surface area (TPSA) is 286 Å². The summed E-state index contributed by atoms with van der Waals surface area (Å²) in [4.78, 5) is 120. The monoisotopic (exact) mass is 1050 g/mol. The first kappa shape index (κ1) is 50.4. The average Bonchev–Trinajstić information content (AvgIpc) is 4.16. The fourth-order valence-corrected chi connectivity index (χ4v) is 9.26. The number of hydrogen-bond acceptors (Lipinski definition) is 16. The van der Waals surface area contributed by atoms with Crippen molar-refractivity contribution in [3.05, 3.63) is 121 Å². The number of rotatable bonds is 19. The van der Waals surface area contributed by atoms with Crippen molar-refractivity contribution in [3.63, 3.8) is 0 Å². The van der Waals surface area contributed by atoms with E-state index in [9.17, 15) is 38.4 Å². The van der Waals surface area contributed by atoms with Crippen LogP contribution < -0.4 is 40.6 Å². The Bertz CT molecular complexity index is 3320. The van der Waals surface area contributed by atoms with Gasteiger partial charge in [0.25, 0.3) is 35.1 Å². The number of halogens is 2. The van der Waals surface area contributed by atoms with Crippen LogP contribution in [-0.2, 0) is 34.5 Å². The van der Waals surface area contributed by atoms with Crippen LogP contribution in [-0.4, -0.2) is 125 Å². The van der Waals surface area contributed by atoms with Crippen LogP contribution in [0.4, 0.5) is 5.69 Å². The van der Waals surface area contributed by atoms with Gasteiger partial charge in [0.1, 0.15) is 29.3 Å². The van der Waals surface area contributed by atoms with Crippen LogP contribution in [0, 0.1) is 0 Å². The van der Waals surface area contributed by atoms with Crippen molar-refractivity contribution in [1.82, 2.24) is 59.9 Å². The zero-order valence-corrected chi connectivity index (χ0v) is 41.3. The van der Waals surface area contributed by atoms with Gasteiger partial charge in [-0.15, -0.1) is 5.10 Å². The molecule has 0 aliphatic carbocycles. The van der Waals surface area contributed by atoms with Gasteiger partial charge in [-0.25, -0.2) is 9.97 Å². The molecule has 3 aliphatic rings. The first-order valence-corrected chi connectivity index (χ1v) is 23.9. The standard InChI is InChI=1S/C48H45Cl2N13O11/c1-59-22-27(50)19-34(46(59)70)62-38(25-7-9-26(49)10-8-25)39-37(47(62)71)55-40(31-21-53-48(73-3)56-43(31)72-2)61(39)18-6-17-60-23-32(57-58-60)41(66)52-16-5-4-15-51-36(65)24-74-28-11-12-29-30(20-28)45(69)63(44(29)68)33-13-14-35(64)54-42(33)67/h7-12,19-23,33,38H,4-6,13-18,24H2,1-3H3,(H,51,65)(H,52,66)(H,54,64,67)/t33?,38-/m1/s1. The molecular weight excluding hydrogens is 1010 g/mol. The number of aryl methyl sites for hydroxylation is 2. The Kier molecular flexibility index (Phi) is 14.5. The summed E-state index contributed by atoms with van der Waals surface area (Å²) in [5, 5.41) is 16.6. The molecule has 74 heavy (non-hydrogen) atoms. The lowest BCUT2D eigenvalue weighted by molar-refractivity contribution is -0.136. The predicted molar refractivity (Wildman–Crippen MR) is 261 cm³/mol. The Labute approximate surface area is 429 Å². The lowest BCUT2D eigenvalue weighted by atomic mass is 10.0. The van der Waals surface area contributed by atoms with E-state index in [1.807, 2.05) is 4.57 Å². The van der Waals surface area contributed by atoms with Gasteiger partial charge in [-0.2, -0.15) is 4.98 Å². The first-order chi connectivity index (χ1) is 35.6. The number of aromatic nitrogens is 8. The molecular formula is C48H45Cl2N13O11. The molecule has 382 valence electrons. The maximum atomic E-state index is 14.6. The summed E-state index contributed by atoms with van der Waals surface area (Å²) < 4.78 is 21.1. The number of pyridine rings is 1. The van der Waals surface area contributed by atoms with E-state index in [0.29, 0.717) is 46.9 Å². The summed E-state index contributed by atoms with van der Waals surface area (Å²) >= 11 is 12.8. The minimum Gasteiger partial charge on any atom is -0.484 e. The van der Waals surface area contributed by atoms with Crippen LogP contribution in [0.3, 0.4) is 0 Å². The number of benzene rings is 2. The van der Waals surface area contributed by atoms with E-state index in [1.165, 1.54) is 71.2 Å². The molecule has 7 heterocycles. The maximum Gasteiger partial charge on any atom is 0.319 e. The van der Waals surface area contributed by atoms with Crippen LogP contribution in [0.15, 0.2) is 71.9 Å². The van der Waals surface area contributed by atoms with E-state index < -0.39 is 59.0 Å². The minimum absolute atomic E-state index is 0.00362. The van der Waals surface area contributed by atoms with Gasteiger partial charge in [-0.3, -0.25) is 58.2 Å². The fourth-order valence-electron chi connectivity index (χ4n) is 8.88. The number of nitrogens with one attached hydrogen (secondary N) is 3. The number of ether oxygens (including phenoxy) is 3. The largest absolute Gasteiger partial charge is 0.484 e. The Balaban J connectivity index is 0.802. The number of unbranched alkanes of at least 4 members (excludes halogenated alkanes) is 1. The van der Waals surface area contributed by atoms with Crippen LogP contribution in [0.1, 0.15) is 91.1 Å². The van der Waals surface area contributed by atoms with Crippen molar-refractivity contribution in [3.8, 4) is 29.0 Å². The fraction of sp³-hybridized carbons (Fsp3) is 0.312. The number of nitrogens with zero attached hydrogens (tertiary/aromatic N) is 10. The Morgan fingerprint density at radius 2 is 1.57 bits per heavy atom. The molecule has 24 nitrogen and oxygen atoms in total. The van der Waals surface area contributed by atoms with Gasteiger partial charge in [-0.1, -0.05) is 40.5 Å². The summed E-state index contributed by atoms with van der Waals surface area (Å²) in [6, 6.07) is 10.6. The SMILES string of the molecule is COc1ncc(-c2nc3c(n2CCCn2cc(C(=O)NCCCCNC(=O)COc4ccc5c(c4)C(=O)N(C4CCC(=O)NC4=O)C5=O)nn2)[C@@H](c2ccc(Cl)cc2)N(c2cc(Cl)cn(C)c2=O)C3=O)c(OC)n1. The molecule has 0 radical (unpaired) electrons. The molecule has 6 aromatic rings. The molecule has 2 atom stereocenters. The third-order valence-electron chi connectivity index (χ3n) is 12.4. The third kappa shape index (κ3) is 10.00. The highest BCUT2D eigenvalue weighted by molar-refractivity contribution is 6.31. The van der Waals surface area contributed by atoms with Crippen molar-refractivity contribution >= 4 is 70.2 Å². The van der Waals surface area contributed by atoms with Crippen molar-refractivity contribution in [2.75, 3.05) is 38.8 Å². The number of anilines is 1. The first-order valence-electron chi connectivity index (χ1n) is 23.1. The van der Waals surface area contributed by atoms with Gasteiger partial charge in [-0.05, 0) is 67.6 Å². The minimum atomic E-state index is -1.11. The van der Waals surface area contributed by atoms with Crippen LogP contribution in [0.2, 0.25) is 10.0 Å². The summed E-state index contributed by atoms with van der Waals surface area (Å²) in [7, 11) is 4.39. The molecule has 3 aliphatic heterocycles. The highest BCUT2D eigenvalue weighted by Crippen LogP contribution is 2.44. The van der Waals surface area contributed by atoms with Crippen molar-refractivity contribution in [1.29, 1.82) is 0 Å². The summed E-state index contributed by atoms with van der Waals surface area (Å²) in [6.07, 6.45) is 5.87. The number of piperidine rings is 1. The zero-order chi connectivity index (χ0) is 52.4. The summed E-state index contributed by atoms with van der Waals surface area (Å²) in [5.41, 5.74) is 1.31. The lowest BCUT2D eigenvalue weighted by Gasteiger charge is -2.27. The predicted octanol–water partition coefficient (Wildman–Crippen LogP) is 2.90. The normalized spacial score (nSPS) is 16.0. The second-order valence-corrected chi connectivity index (χ2v) is 18.0. The Morgan fingerprint density at radius 3 is 2.31 bits per heavy atom. The molecule has 1 fully saturated rings. The number of imidazole rings is 1. The van der Waals surface area contributed by atoms with Crippen LogP contribution in [0.25, 0.3) is 11.4 Å². The second-order valence-electron chi connectivity index (χ2n) is 17.2. The smallest absolute Gasteiger partial charge is 0.319 e.